The van der Waals surface area contributed by atoms with Crippen LogP contribution in [-0.4, -0.2) is 72.7 Å². The van der Waals surface area contributed by atoms with Gasteiger partial charge in [-0.3, -0.25) is 14.4 Å². The largest absolute Gasteiger partial charge is 0.508 e. The van der Waals surface area contributed by atoms with Crippen LogP contribution in [0, 0.1) is 0 Å². The summed E-state index contributed by atoms with van der Waals surface area (Å²) in [5.41, 5.74) is 14.2. The lowest BCUT2D eigenvalue weighted by Crippen LogP contribution is -2.56. The van der Waals surface area contributed by atoms with Crippen LogP contribution in [0.1, 0.15) is 24.0 Å². The van der Waals surface area contributed by atoms with Gasteiger partial charge in [-0.1, -0.05) is 12.1 Å². The fraction of sp³-hybridized carbons (Fsp3) is 0.423. The molecule has 3 atom stereocenters. The summed E-state index contributed by atoms with van der Waals surface area (Å²) in [4.78, 5) is 39.2. The van der Waals surface area contributed by atoms with Gasteiger partial charge in [0.25, 0.3) is 0 Å². The van der Waals surface area contributed by atoms with E-state index in [1.165, 1.54) is 12.1 Å². The summed E-state index contributed by atoms with van der Waals surface area (Å²) in [5, 5.41) is 32.1. The first-order valence-electron chi connectivity index (χ1n) is 12.4. The van der Waals surface area contributed by atoms with Crippen molar-refractivity contribution in [2.75, 3.05) is 26.7 Å². The van der Waals surface area contributed by atoms with Gasteiger partial charge in [-0.05, 0) is 73.0 Å². The summed E-state index contributed by atoms with van der Waals surface area (Å²) in [6, 6.07) is 6.91. The molecule has 1 heterocycles. The lowest BCUT2D eigenvalue weighted by Gasteiger charge is -2.24. The molecule has 0 aromatic heterocycles. The SMILES string of the molecule is CNCCNC(=O)[C@@H]1Cc2cc(ccc2O)-c2ccc(O)c(c2)C[C@@H](N)C(=O)N[C@@H](CCCN)C(=O)N1. The first-order chi connectivity index (χ1) is 17.7. The third-order valence-corrected chi connectivity index (χ3v) is 6.33. The number of phenolic OH excluding ortho intramolecular Hbond substituents is 2. The van der Waals surface area contributed by atoms with E-state index in [4.69, 9.17) is 11.5 Å². The summed E-state index contributed by atoms with van der Waals surface area (Å²) >= 11 is 0. The highest BCUT2D eigenvalue weighted by Crippen LogP contribution is 2.30. The van der Waals surface area contributed by atoms with E-state index in [0.717, 1.165) is 11.1 Å². The fourth-order valence-electron chi connectivity index (χ4n) is 4.19. The molecule has 2 aromatic carbocycles. The minimum atomic E-state index is -1.03. The second-order valence-electron chi connectivity index (χ2n) is 9.15. The predicted molar refractivity (Wildman–Crippen MR) is 140 cm³/mol. The molecule has 37 heavy (non-hydrogen) atoms. The van der Waals surface area contributed by atoms with Crippen molar-refractivity contribution in [2.24, 2.45) is 11.5 Å². The zero-order valence-electron chi connectivity index (χ0n) is 20.9. The molecule has 11 nitrogen and oxygen atoms in total. The van der Waals surface area contributed by atoms with Crippen LogP contribution in [-0.2, 0) is 27.2 Å². The second kappa shape index (κ2) is 13.0. The molecular formula is C26H36N6O5. The van der Waals surface area contributed by atoms with Crippen molar-refractivity contribution in [3.63, 3.8) is 0 Å². The van der Waals surface area contributed by atoms with Gasteiger partial charge in [0.05, 0.1) is 6.04 Å². The number of hydrogen-bond donors (Lipinski definition) is 8. The molecule has 3 rings (SSSR count). The highest BCUT2D eigenvalue weighted by Gasteiger charge is 2.29. The van der Waals surface area contributed by atoms with Crippen molar-refractivity contribution in [3.05, 3.63) is 47.5 Å². The predicted octanol–water partition coefficient (Wildman–Crippen LogP) is -0.765. The molecular weight excluding hydrogens is 476 g/mol. The maximum atomic E-state index is 13.3. The second-order valence-corrected chi connectivity index (χ2v) is 9.15. The van der Waals surface area contributed by atoms with Crippen molar-refractivity contribution in [1.29, 1.82) is 0 Å². The average Bonchev–Trinajstić information content (AvgIpc) is 2.88. The van der Waals surface area contributed by atoms with E-state index in [9.17, 15) is 24.6 Å². The van der Waals surface area contributed by atoms with Crippen LogP contribution in [0.25, 0.3) is 11.1 Å². The van der Waals surface area contributed by atoms with Gasteiger partial charge in [0.2, 0.25) is 17.7 Å². The minimum absolute atomic E-state index is 0.00829. The number of amides is 3. The minimum Gasteiger partial charge on any atom is -0.508 e. The summed E-state index contributed by atoms with van der Waals surface area (Å²) in [6.45, 7) is 1.18. The van der Waals surface area contributed by atoms with Gasteiger partial charge in [0.15, 0.2) is 0 Å². The molecule has 10 N–H and O–H groups in total. The van der Waals surface area contributed by atoms with E-state index >= 15 is 0 Å². The van der Waals surface area contributed by atoms with Crippen molar-refractivity contribution in [3.8, 4) is 22.6 Å². The first-order valence-corrected chi connectivity index (χ1v) is 12.4. The number of likely N-dealkylation sites (N-methyl/N-ethyl adjacent to an activating group) is 1. The number of aromatic hydroxyl groups is 2. The normalized spacial score (nSPS) is 20.2. The van der Waals surface area contributed by atoms with E-state index < -0.39 is 35.8 Å². The number of carbonyl (C=O) groups is 3. The molecule has 0 saturated heterocycles. The highest BCUT2D eigenvalue weighted by atomic mass is 16.3. The Balaban J connectivity index is 2.06. The molecule has 0 spiro atoms. The Bertz CT molecular complexity index is 1120. The van der Waals surface area contributed by atoms with Gasteiger partial charge in [-0.2, -0.15) is 0 Å². The van der Waals surface area contributed by atoms with Crippen LogP contribution in [0.4, 0.5) is 0 Å². The highest BCUT2D eigenvalue weighted by molar-refractivity contribution is 5.93. The summed E-state index contributed by atoms with van der Waals surface area (Å²) in [6.07, 6.45) is 0.756. The molecule has 2 aromatic rings. The number of benzene rings is 2. The van der Waals surface area contributed by atoms with Crippen molar-refractivity contribution >= 4 is 17.7 Å². The average molecular weight is 513 g/mol. The Morgan fingerprint density at radius 1 is 0.973 bits per heavy atom. The Kier molecular flexibility index (Phi) is 9.84. The topological polar surface area (TPSA) is 192 Å². The first kappa shape index (κ1) is 27.9. The third-order valence-electron chi connectivity index (χ3n) is 6.33. The van der Waals surface area contributed by atoms with E-state index in [1.54, 1.807) is 31.3 Å². The zero-order valence-corrected chi connectivity index (χ0v) is 20.9. The zero-order chi connectivity index (χ0) is 26.9. The lowest BCUT2D eigenvalue weighted by atomic mass is 9.95. The van der Waals surface area contributed by atoms with Crippen LogP contribution in [0.2, 0.25) is 0 Å². The van der Waals surface area contributed by atoms with E-state index in [0.29, 0.717) is 37.2 Å². The number of nitrogens with two attached hydrogens (primary N) is 2. The van der Waals surface area contributed by atoms with Crippen LogP contribution < -0.4 is 32.7 Å². The number of hydrogen-bond acceptors (Lipinski definition) is 8. The molecule has 11 heteroatoms. The molecule has 3 amide bonds. The summed E-state index contributed by atoms with van der Waals surface area (Å²) < 4.78 is 0. The summed E-state index contributed by atoms with van der Waals surface area (Å²) in [7, 11) is 1.76. The van der Waals surface area contributed by atoms with E-state index in [-0.39, 0.29) is 30.8 Å². The van der Waals surface area contributed by atoms with Crippen molar-refractivity contribution in [1.82, 2.24) is 21.3 Å². The van der Waals surface area contributed by atoms with Crippen LogP contribution in [0.3, 0.4) is 0 Å². The van der Waals surface area contributed by atoms with E-state index in [1.807, 2.05) is 0 Å². The monoisotopic (exact) mass is 512 g/mol. The number of fused-ring (bicyclic) bond motifs is 5. The van der Waals surface area contributed by atoms with Gasteiger partial charge in [0, 0.05) is 25.9 Å². The van der Waals surface area contributed by atoms with Crippen LogP contribution >= 0.6 is 0 Å². The quantitative estimate of drug-likeness (QED) is 0.222. The number of nitrogens with one attached hydrogen (secondary N) is 4. The maximum absolute atomic E-state index is 13.3. The Morgan fingerprint density at radius 3 is 2.19 bits per heavy atom. The maximum Gasteiger partial charge on any atom is 0.243 e. The number of rotatable bonds is 7. The fourth-order valence-corrected chi connectivity index (χ4v) is 4.19. The Labute approximate surface area is 216 Å². The van der Waals surface area contributed by atoms with Gasteiger partial charge >= 0.3 is 0 Å². The molecule has 4 bridgehead atoms. The van der Waals surface area contributed by atoms with E-state index in [2.05, 4.69) is 21.3 Å². The van der Waals surface area contributed by atoms with Gasteiger partial charge in [-0.25, -0.2) is 0 Å². The smallest absolute Gasteiger partial charge is 0.243 e. The molecule has 0 saturated carbocycles. The molecule has 200 valence electrons. The molecule has 1 aliphatic rings. The number of phenols is 2. The molecule has 0 radical (unpaired) electrons. The van der Waals surface area contributed by atoms with Crippen molar-refractivity contribution in [2.45, 2.75) is 43.8 Å². The number of carbonyl (C=O) groups excluding carboxylic acids is 3. The molecule has 0 fully saturated rings. The summed E-state index contributed by atoms with van der Waals surface area (Å²) in [5.74, 6) is -1.58. The Hall–Kier alpha value is -3.67. The standard InChI is InChI=1S/C26H36N6O5/c1-29-9-10-30-25(36)21-14-18-12-16(5-7-23(18)34)15-4-6-22(33)17(11-15)13-19(28)24(35)31-20(3-2-8-27)26(37)32-21/h4-7,11-12,19-21,29,33-34H,2-3,8-10,13-14,27-28H2,1H3,(H,30,36)(H,31,35)(H,32,37)/t19-,20+,21+/m1/s1. The van der Waals surface area contributed by atoms with Crippen LogP contribution in [0.5, 0.6) is 11.5 Å². The van der Waals surface area contributed by atoms with Gasteiger partial charge in [-0.15, -0.1) is 0 Å². The molecule has 0 unspecified atom stereocenters. The molecule has 0 aliphatic carbocycles. The van der Waals surface area contributed by atoms with Crippen molar-refractivity contribution < 1.29 is 24.6 Å². The van der Waals surface area contributed by atoms with Gasteiger partial charge in [0.1, 0.15) is 23.6 Å². The van der Waals surface area contributed by atoms with Gasteiger partial charge < -0.3 is 42.9 Å². The lowest BCUT2D eigenvalue weighted by molar-refractivity contribution is -0.132. The van der Waals surface area contributed by atoms with Crippen LogP contribution in [0.15, 0.2) is 36.4 Å². The third kappa shape index (κ3) is 7.42. The molecule has 1 aliphatic heterocycles. The Morgan fingerprint density at radius 2 is 1.59 bits per heavy atom.